The number of nitrogens with zero attached hydrogens (tertiary/aromatic N) is 1. The maximum Gasteiger partial charge on any atom is 0.130 e. The number of benzene rings is 1. The van der Waals surface area contributed by atoms with E-state index in [1.165, 1.54) is 49.8 Å². The summed E-state index contributed by atoms with van der Waals surface area (Å²) in [4.78, 5) is 14.8. The summed E-state index contributed by atoms with van der Waals surface area (Å²) in [5, 5.41) is 3.28. The highest BCUT2D eigenvalue weighted by Crippen LogP contribution is 2.42. The molecule has 3 nitrogen and oxygen atoms in total. The van der Waals surface area contributed by atoms with Gasteiger partial charge < -0.3 is 15.0 Å². The van der Waals surface area contributed by atoms with Crippen molar-refractivity contribution in [2.75, 3.05) is 25.5 Å². The van der Waals surface area contributed by atoms with Crippen LogP contribution in [-0.4, -0.2) is 37.4 Å². The van der Waals surface area contributed by atoms with Gasteiger partial charge in [-0.3, -0.25) is 0 Å². The lowest BCUT2D eigenvalue weighted by atomic mass is 9.68. The fraction of sp³-hybridized carbons (Fsp3) is 0.650. The number of carbonyl (C=O) groups is 1. The Kier molecular flexibility index (Phi) is 5.05. The first-order valence-electron chi connectivity index (χ1n) is 9.18. The zero-order valence-corrected chi connectivity index (χ0v) is 14.6. The van der Waals surface area contributed by atoms with Gasteiger partial charge in [0.15, 0.2) is 0 Å². The third-order valence-electron chi connectivity index (χ3n) is 5.96. The van der Waals surface area contributed by atoms with E-state index in [-0.39, 0.29) is 5.41 Å². The van der Waals surface area contributed by atoms with E-state index in [4.69, 9.17) is 0 Å². The minimum absolute atomic E-state index is 0.295. The number of carbonyl (C=O) groups excluding carboxylic acids is 1. The van der Waals surface area contributed by atoms with E-state index in [0.717, 1.165) is 31.4 Å². The number of hydrogen-bond donors (Lipinski definition) is 1. The number of piperidine rings is 1. The summed E-state index contributed by atoms with van der Waals surface area (Å²) in [6.45, 7) is 4.62. The Balaban J connectivity index is 1.78. The summed E-state index contributed by atoms with van der Waals surface area (Å²) in [6.07, 6.45) is 9.57. The van der Waals surface area contributed by atoms with E-state index in [1.54, 1.807) is 0 Å². The van der Waals surface area contributed by atoms with Gasteiger partial charge in [0.25, 0.3) is 0 Å². The van der Waals surface area contributed by atoms with Gasteiger partial charge in [0.2, 0.25) is 0 Å². The zero-order chi connectivity index (χ0) is 16.3. The Bertz CT molecular complexity index is 541. The SMILES string of the molecule is CNc1ccc(C)cc1C1(C=O)CCC(N2CCCCC2)CC1. The molecule has 0 amide bonds. The third-order valence-corrected chi connectivity index (χ3v) is 5.96. The van der Waals surface area contributed by atoms with Crippen LogP contribution in [0.2, 0.25) is 0 Å². The molecule has 0 unspecified atom stereocenters. The molecular formula is C20H30N2O. The average molecular weight is 314 g/mol. The number of anilines is 1. The van der Waals surface area contributed by atoms with Gasteiger partial charge in [-0.2, -0.15) is 0 Å². The van der Waals surface area contributed by atoms with Gasteiger partial charge in [-0.15, -0.1) is 0 Å². The number of aryl methyl sites for hydroxylation is 1. The molecule has 3 heteroatoms. The molecule has 1 aliphatic carbocycles. The van der Waals surface area contributed by atoms with Crippen molar-refractivity contribution in [1.82, 2.24) is 4.90 Å². The maximum absolute atomic E-state index is 12.1. The second-order valence-corrected chi connectivity index (χ2v) is 7.40. The average Bonchev–Trinajstić information content (AvgIpc) is 2.62. The maximum atomic E-state index is 12.1. The highest BCUT2D eigenvalue weighted by atomic mass is 16.1. The van der Waals surface area contributed by atoms with Crippen LogP contribution < -0.4 is 5.32 Å². The van der Waals surface area contributed by atoms with E-state index in [0.29, 0.717) is 6.04 Å². The molecule has 2 aliphatic rings. The second-order valence-electron chi connectivity index (χ2n) is 7.40. The molecule has 1 saturated carbocycles. The van der Waals surface area contributed by atoms with Gasteiger partial charge in [0, 0.05) is 18.8 Å². The van der Waals surface area contributed by atoms with Crippen molar-refractivity contribution in [2.45, 2.75) is 63.3 Å². The molecule has 1 N–H and O–H groups in total. The lowest BCUT2D eigenvalue weighted by Gasteiger charge is -2.43. The highest BCUT2D eigenvalue weighted by Gasteiger charge is 2.39. The van der Waals surface area contributed by atoms with Gasteiger partial charge in [0.05, 0.1) is 5.41 Å². The van der Waals surface area contributed by atoms with Crippen LogP contribution in [0.25, 0.3) is 0 Å². The number of nitrogens with one attached hydrogen (secondary N) is 1. The molecule has 1 aromatic carbocycles. The Labute approximate surface area is 140 Å². The fourth-order valence-electron chi connectivity index (χ4n) is 4.51. The molecule has 1 saturated heterocycles. The molecule has 0 bridgehead atoms. The lowest BCUT2D eigenvalue weighted by molar-refractivity contribution is -0.114. The smallest absolute Gasteiger partial charge is 0.130 e. The van der Waals surface area contributed by atoms with Gasteiger partial charge in [-0.1, -0.05) is 24.1 Å². The molecule has 2 fully saturated rings. The predicted molar refractivity (Wildman–Crippen MR) is 96.1 cm³/mol. The molecule has 0 radical (unpaired) electrons. The Morgan fingerprint density at radius 1 is 1.17 bits per heavy atom. The first-order chi connectivity index (χ1) is 11.2. The standard InChI is InChI=1S/C20H30N2O/c1-16-6-7-19(21-2)18(14-16)20(15-23)10-8-17(9-11-20)22-12-4-3-5-13-22/h6-7,14-15,17,21H,3-5,8-13H2,1-2H3. The molecule has 0 aromatic heterocycles. The topological polar surface area (TPSA) is 32.3 Å². The van der Waals surface area contributed by atoms with Gasteiger partial charge in [0.1, 0.15) is 6.29 Å². The van der Waals surface area contributed by atoms with Crippen molar-refractivity contribution < 1.29 is 4.79 Å². The molecular weight excluding hydrogens is 284 g/mol. The normalized spacial score (nSPS) is 29.2. The number of rotatable bonds is 4. The summed E-state index contributed by atoms with van der Waals surface area (Å²) >= 11 is 0. The summed E-state index contributed by atoms with van der Waals surface area (Å²) in [7, 11) is 1.95. The van der Waals surface area contributed by atoms with Crippen LogP contribution in [0.5, 0.6) is 0 Å². The Morgan fingerprint density at radius 3 is 2.48 bits per heavy atom. The van der Waals surface area contributed by atoms with Crippen LogP contribution in [-0.2, 0) is 10.2 Å². The van der Waals surface area contributed by atoms with Crippen molar-refractivity contribution in [3.05, 3.63) is 29.3 Å². The van der Waals surface area contributed by atoms with E-state index >= 15 is 0 Å². The van der Waals surface area contributed by atoms with Gasteiger partial charge in [-0.05, 0) is 70.2 Å². The summed E-state index contributed by atoms with van der Waals surface area (Å²) in [6, 6.07) is 7.13. The van der Waals surface area contributed by atoms with E-state index in [2.05, 4.69) is 35.3 Å². The van der Waals surface area contributed by atoms with Crippen molar-refractivity contribution in [3.63, 3.8) is 0 Å². The second kappa shape index (κ2) is 7.04. The molecule has 23 heavy (non-hydrogen) atoms. The predicted octanol–water partition coefficient (Wildman–Crippen LogP) is 3.90. The molecule has 3 rings (SSSR count). The first kappa shape index (κ1) is 16.5. The monoisotopic (exact) mass is 314 g/mol. The molecule has 0 atom stereocenters. The fourth-order valence-corrected chi connectivity index (χ4v) is 4.51. The molecule has 1 aliphatic heterocycles. The number of likely N-dealkylation sites (tertiary alicyclic amines) is 1. The largest absolute Gasteiger partial charge is 0.388 e. The van der Waals surface area contributed by atoms with Crippen LogP contribution in [0.1, 0.15) is 56.1 Å². The Morgan fingerprint density at radius 2 is 1.87 bits per heavy atom. The van der Waals surface area contributed by atoms with Crippen LogP contribution in [0.15, 0.2) is 18.2 Å². The summed E-state index contributed by atoms with van der Waals surface area (Å²) in [5.41, 5.74) is 3.25. The molecule has 0 spiro atoms. The third kappa shape index (κ3) is 3.30. The molecule has 1 heterocycles. The Hall–Kier alpha value is -1.35. The zero-order valence-electron chi connectivity index (χ0n) is 14.6. The van der Waals surface area contributed by atoms with Crippen molar-refractivity contribution in [2.24, 2.45) is 0 Å². The van der Waals surface area contributed by atoms with E-state index in [1.807, 2.05) is 7.05 Å². The van der Waals surface area contributed by atoms with E-state index in [9.17, 15) is 4.79 Å². The first-order valence-corrected chi connectivity index (χ1v) is 9.18. The lowest BCUT2D eigenvalue weighted by Crippen LogP contribution is -2.45. The van der Waals surface area contributed by atoms with Crippen LogP contribution in [0.3, 0.4) is 0 Å². The molecule has 126 valence electrons. The minimum Gasteiger partial charge on any atom is -0.388 e. The summed E-state index contributed by atoms with van der Waals surface area (Å²) < 4.78 is 0. The summed E-state index contributed by atoms with van der Waals surface area (Å²) in [5.74, 6) is 0. The van der Waals surface area contributed by atoms with Crippen molar-refractivity contribution >= 4 is 12.0 Å². The van der Waals surface area contributed by atoms with E-state index < -0.39 is 0 Å². The van der Waals surface area contributed by atoms with Gasteiger partial charge >= 0.3 is 0 Å². The van der Waals surface area contributed by atoms with Crippen LogP contribution in [0, 0.1) is 6.92 Å². The minimum atomic E-state index is -0.295. The van der Waals surface area contributed by atoms with Gasteiger partial charge in [-0.25, -0.2) is 0 Å². The quantitative estimate of drug-likeness (QED) is 0.855. The van der Waals surface area contributed by atoms with Crippen LogP contribution >= 0.6 is 0 Å². The molecule has 1 aromatic rings. The number of aldehydes is 1. The van der Waals surface area contributed by atoms with Crippen LogP contribution in [0.4, 0.5) is 5.69 Å². The van der Waals surface area contributed by atoms with Crippen molar-refractivity contribution in [3.8, 4) is 0 Å². The highest BCUT2D eigenvalue weighted by molar-refractivity contribution is 5.74. The number of hydrogen-bond acceptors (Lipinski definition) is 3. The van der Waals surface area contributed by atoms with Crippen molar-refractivity contribution in [1.29, 1.82) is 0 Å².